The number of carbonyl (C=O) groups is 3. The molecule has 0 bridgehead atoms. The number of Topliss-reactive ketones (excluding diaryl/α,β-unsaturated/α-hetero) is 1. The smallest absolute Gasteiger partial charge is 0.333 e. The Kier molecular flexibility index (Phi) is 6.07. The zero-order valence-electron chi connectivity index (χ0n) is 9.74. The Morgan fingerprint density at radius 3 is 2.25 bits per heavy atom. The van der Waals surface area contributed by atoms with Crippen LogP contribution in [0, 0.1) is 0 Å². The standard InChI is InChI=1S/C11H16O5/c1-7(2)11(14)16-9(4)6-15-10(13)5-8(3)12/h9H,1,5-6H2,2-4H3. The third-order valence-electron chi connectivity index (χ3n) is 1.53. The van der Waals surface area contributed by atoms with Gasteiger partial charge in [-0.25, -0.2) is 4.79 Å². The molecule has 16 heavy (non-hydrogen) atoms. The van der Waals surface area contributed by atoms with Crippen LogP contribution in [-0.4, -0.2) is 30.4 Å². The Morgan fingerprint density at radius 2 is 1.81 bits per heavy atom. The second kappa shape index (κ2) is 6.76. The highest BCUT2D eigenvalue weighted by atomic mass is 16.6. The SMILES string of the molecule is C=C(C)C(=O)OC(C)COC(=O)CC(C)=O. The summed E-state index contributed by atoms with van der Waals surface area (Å²) in [5.41, 5.74) is 0.280. The number of esters is 2. The molecule has 0 saturated heterocycles. The average molecular weight is 228 g/mol. The fraction of sp³-hybridized carbons (Fsp3) is 0.545. The molecule has 0 saturated carbocycles. The second-order valence-corrected chi connectivity index (χ2v) is 3.56. The van der Waals surface area contributed by atoms with Gasteiger partial charge >= 0.3 is 11.9 Å². The molecule has 0 radical (unpaired) electrons. The quantitative estimate of drug-likeness (QED) is 0.385. The summed E-state index contributed by atoms with van der Waals surface area (Å²) in [7, 11) is 0. The van der Waals surface area contributed by atoms with E-state index in [1.807, 2.05) is 0 Å². The lowest BCUT2D eigenvalue weighted by Crippen LogP contribution is -2.23. The lowest BCUT2D eigenvalue weighted by atomic mass is 10.3. The van der Waals surface area contributed by atoms with Crippen LogP contribution in [0.3, 0.4) is 0 Å². The molecule has 0 aliphatic heterocycles. The van der Waals surface area contributed by atoms with Crippen molar-refractivity contribution in [2.75, 3.05) is 6.61 Å². The summed E-state index contributed by atoms with van der Waals surface area (Å²) in [5, 5.41) is 0. The highest BCUT2D eigenvalue weighted by molar-refractivity contribution is 5.94. The number of carbonyl (C=O) groups excluding carboxylic acids is 3. The number of hydrogen-bond donors (Lipinski definition) is 0. The van der Waals surface area contributed by atoms with Crippen molar-refractivity contribution < 1.29 is 23.9 Å². The summed E-state index contributed by atoms with van der Waals surface area (Å²) in [6, 6.07) is 0. The van der Waals surface area contributed by atoms with Gasteiger partial charge in [0.25, 0.3) is 0 Å². The van der Waals surface area contributed by atoms with E-state index in [-0.39, 0.29) is 24.4 Å². The van der Waals surface area contributed by atoms with Crippen molar-refractivity contribution in [3.8, 4) is 0 Å². The zero-order chi connectivity index (χ0) is 12.7. The normalized spacial score (nSPS) is 11.4. The maximum Gasteiger partial charge on any atom is 0.333 e. The first-order valence-corrected chi connectivity index (χ1v) is 4.84. The van der Waals surface area contributed by atoms with Crippen LogP contribution in [-0.2, 0) is 23.9 Å². The minimum Gasteiger partial charge on any atom is -0.461 e. The predicted molar refractivity (Wildman–Crippen MR) is 56.6 cm³/mol. The molecule has 0 aliphatic rings. The second-order valence-electron chi connectivity index (χ2n) is 3.56. The molecule has 5 heteroatoms. The van der Waals surface area contributed by atoms with E-state index in [0.717, 1.165) is 0 Å². The van der Waals surface area contributed by atoms with Crippen molar-refractivity contribution in [1.82, 2.24) is 0 Å². The highest BCUT2D eigenvalue weighted by Gasteiger charge is 2.13. The first-order valence-electron chi connectivity index (χ1n) is 4.84. The Balaban J connectivity index is 3.85. The minimum absolute atomic E-state index is 0.0644. The molecule has 0 rings (SSSR count). The van der Waals surface area contributed by atoms with Crippen LogP contribution >= 0.6 is 0 Å². The summed E-state index contributed by atoms with van der Waals surface area (Å²) in [5.74, 6) is -1.42. The van der Waals surface area contributed by atoms with Crippen molar-refractivity contribution in [3.05, 3.63) is 12.2 Å². The van der Waals surface area contributed by atoms with Crippen molar-refractivity contribution in [2.45, 2.75) is 33.3 Å². The minimum atomic E-state index is -0.620. The zero-order valence-corrected chi connectivity index (χ0v) is 9.74. The van der Waals surface area contributed by atoms with E-state index in [1.54, 1.807) is 6.92 Å². The third-order valence-corrected chi connectivity index (χ3v) is 1.53. The van der Waals surface area contributed by atoms with Crippen LogP contribution in [0.5, 0.6) is 0 Å². The van der Waals surface area contributed by atoms with E-state index in [9.17, 15) is 14.4 Å². The maximum atomic E-state index is 11.1. The lowest BCUT2D eigenvalue weighted by Gasteiger charge is -2.13. The van der Waals surface area contributed by atoms with Gasteiger partial charge in [-0.15, -0.1) is 0 Å². The van der Waals surface area contributed by atoms with Crippen LogP contribution in [0.4, 0.5) is 0 Å². The molecule has 1 unspecified atom stereocenters. The first-order chi connectivity index (χ1) is 7.32. The fourth-order valence-electron chi connectivity index (χ4n) is 0.782. The summed E-state index contributed by atoms with van der Waals surface area (Å²) in [4.78, 5) is 32.6. The largest absolute Gasteiger partial charge is 0.461 e. The van der Waals surface area contributed by atoms with Gasteiger partial charge in [0.2, 0.25) is 0 Å². The van der Waals surface area contributed by atoms with E-state index in [0.29, 0.717) is 0 Å². The Hall–Kier alpha value is -1.65. The summed E-state index contributed by atoms with van der Waals surface area (Å²) >= 11 is 0. The summed E-state index contributed by atoms with van der Waals surface area (Å²) in [6.07, 6.45) is -0.818. The fourth-order valence-corrected chi connectivity index (χ4v) is 0.782. The Labute approximate surface area is 94.4 Å². The predicted octanol–water partition coefficient (Wildman–Crippen LogP) is 1.02. The monoisotopic (exact) mass is 228 g/mol. The van der Waals surface area contributed by atoms with Crippen molar-refractivity contribution in [2.24, 2.45) is 0 Å². The van der Waals surface area contributed by atoms with Crippen molar-refractivity contribution in [3.63, 3.8) is 0 Å². The number of hydrogen-bond acceptors (Lipinski definition) is 5. The molecule has 0 fully saturated rings. The van der Waals surface area contributed by atoms with E-state index in [4.69, 9.17) is 9.47 Å². The number of ketones is 1. The van der Waals surface area contributed by atoms with Crippen LogP contribution in [0.2, 0.25) is 0 Å². The Morgan fingerprint density at radius 1 is 1.25 bits per heavy atom. The van der Waals surface area contributed by atoms with Gasteiger partial charge in [0, 0.05) is 5.57 Å². The van der Waals surface area contributed by atoms with Crippen LogP contribution < -0.4 is 0 Å². The van der Waals surface area contributed by atoms with Gasteiger partial charge < -0.3 is 9.47 Å². The van der Waals surface area contributed by atoms with E-state index in [1.165, 1.54) is 13.8 Å². The molecule has 5 nitrogen and oxygen atoms in total. The number of rotatable bonds is 6. The molecule has 1 atom stereocenters. The van der Waals surface area contributed by atoms with Gasteiger partial charge in [-0.05, 0) is 20.8 Å². The number of ether oxygens (including phenoxy) is 2. The first kappa shape index (κ1) is 14.3. The average Bonchev–Trinajstić information content (AvgIpc) is 2.13. The highest BCUT2D eigenvalue weighted by Crippen LogP contribution is 2.00. The van der Waals surface area contributed by atoms with Crippen molar-refractivity contribution in [1.29, 1.82) is 0 Å². The molecule has 0 aromatic rings. The van der Waals surface area contributed by atoms with E-state index >= 15 is 0 Å². The maximum absolute atomic E-state index is 11.1. The van der Waals surface area contributed by atoms with E-state index in [2.05, 4.69) is 6.58 Å². The summed E-state index contributed by atoms with van der Waals surface area (Å²) in [6.45, 7) is 7.76. The van der Waals surface area contributed by atoms with E-state index < -0.39 is 18.0 Å². The van der Waals surface area contributed by atoms with Crippen LogP contribution in [0.1, 0.15) is 27.2 Å². The van der Waals surface area contributed by atoms with Gasteiger partial charge in [-0.1, -0.05) is 6.58 Å². The molecule has 0 aromatic carbocycles. The van der Waals surface area contributed by atoms with Gasteiger partial charge in [0.1, 0.15) is 24.9 Å². The molecule has 0 spiro atoms. The van der Waals surface area contributed by atoms with Gasteiger partial charge in [-0.3, -0.25) is 9.59 Å². The topological polar surface area (TPSA) is 69.7 Å². The lowest BCUT2D eigenvalue weighted by molar-refractivity contribution is -0.156. The van der Waals surface area contributed by atoms with Crippen LogP contribution in [0.15, 0.2) is 12.2 Å². The van der Waals surface area contributed by atoms with Crippen LogP contribution in [0.25, 0.3) is 0 Å². The molecular formula is C11H16O5. The summed E-state index contributed by atoms with van der Waals surface area (Å²) < 4.78 is 9.60. The van der Waals surface area contributed by atoms with Gasteiger partial charge in [-0.2, -0.15) is 0 Å². The molecule has 0 aliphatic carbocycles. The molecular weight excluding hydrogens is 212 g/mol. The molecule has 90 valence electrons. The van der Waals surface area contributed by atoms with Crippen molar-refractivity contribution >= 4 is 17.7 Å². The molecule has 0 amide bonds. The Bertz CT molecular complexity index is 305. The van der Waals surface area contributed by atoms with Gasteiger partial charge in [0.05, 0.1) is 0 Å². The molecule has 0 N–H and O–H groups in total. The molecule has 0 aromatic heterocycles. The van der Waals surface area contributed by atoms with Gasteiger partial charge in [0.15, 0.2) is 0 Å². The third kappa shape index (κ3) is 6.75. The molecule has 0 heterocycles.